The van der Waals surface area contributed by atoms with Crippen molar-refractivity contribution in [3.05, 3.63) is 59.7 Å². The van der Waals surface area contributed by atoms with E-state index in [1.165, 1.54) is 6.92 Å². The minimum atomic E-state index is -1.06. The summed E-state index contributed by atoms with van der Waals surface area (Å²) in [7, 11) is 0. The van der Waals surface area contributed by atoms with Crippen LogP contribution < -0.4 is 10.6 Å². The molecule has 156 valence electrons. The topological polar surface area (TPSA) is 105 Å². The summed E-state index contributed by atoms with van der Waals surface area (Å²) in [5, 5.41) is 14.2. The van der Waals surface area contributed by atoms with Crippen LogP contribution >= 0.6 is 0 Å². The molecule has 3 N–H and O–H groups in total. The van der Waals surface area contributed by atoms with E-state index < -0.39 is 30.1 Å². The molecule has 0 bridgehead atoms. The summed E-state index contributed by atoms with van der Waals surface area (Å²) in [5.41, 5.74) is 4.47. The van der Waals surface area contributed by atoms with Crippen LogP contribution in [0.1, 0.15) is 36.8 Å². The maximum atomic E-state index is 12.3. The summed E-state index contributed by atoms with van der Waals surface area (Å²) in [4.78, 5) is 35.8. The monoisotopic (exact) mass is 408 g/mol. The Balaban J connectivity index is 1.35. The summed E-state index contributed by atoms with van der Waals surface area (Å²) in [5.74, 6) is -1.70. The van der Waals surface area contributed by atoms with Crippen molar-refractivity contribution in [1.29, 1.82) is 0 Å². The minimum absolute atomic E-state index is 0.0342. The molecule has 2 unspecified atom stereocenters. The molecule has 2 aromatic rings. The van der Waals surface area contributed by atoms with Crippen molar-refractivity contribution < 1.29 is 24.2 Å². The molecule has 0 radical (unpaired) electrons. The lowest BCUT2D eigenvalue weighted by Crippen LogP contribution is -2.51. The van der Waals surface area contributed by atoms with Gasteiger partial charge < -0.3 is 20.5 Å². The molecule has 0 aliphatic heterocycles. The summed E-state index contributed by atoms with van der Waals surface area (Å²) in [6.07, 6.45) is 0.856. The van der Waals surface area contributed by atoms with Gasteiger partial charge in [0, 0.05) is 5.92 Å². The number of rotatable bonds is 7. The molecule has 2 aliphatic carbocycles. The SMILES string of the molecule is CC(NC(=O)OCC1c2ccccc2-c2ccccc21)C(=O)NC(C(=O)O)C1CC1. The quantitative estimate of drug-likeness (QED) is 0.653. The third kappa shape index (κ3) is 4.01. The molecule has 2 amide bonds. The van der Waals surface area contributed by atoms with Gasteiger partial charge in [0.05, 0.1) is 0 Å². The van der Waals surface area contributed by atoms with Crippen molar-refractivity contribution in [2.24, 2.45) is 5.92 Å². The predicted molar refractivity (Wildman–Crippen MR) is 110 cm³/mol. The third-order valence-corrected chi connectivity index (χ3v) is 5.73. The van der Waals surface area contributed by atoms with Crippen molar-refractivity contribution in [2.75, 3.05) is 6.61 Å². The maximum Gasteiger partial charge on any atom is 0.407 e. The summed E-state index contributed by atoms with van der Waals surface area (Å²) < 4.78 is 5.43. The van der Waals surface area contributed by atoms with Crippen molar-refractivity contribution in [2.45, 2.75) is 37.8 Å². The number of nitrogens with one attached hydrogen (secondary N) is 2. The van der Waals surface area contributed by atoms with Gasteiger partial charge in [0.25, 0.3) is 0 Å². The molecule has 2 atom stereocenters. The van der Waals surface area contributed by atoms with E-state index in [1.54, 1.807) is 0 Å². The average Bonchev–Trinajstić information content (AvgIpc) is 3.52. The fourth-order valence-corrected chi connectivity index (χ4v) is 3.97. The maximum absolute atomic E-state index is 12.3. The number of ether oxygens (including phenoxy) is 1. The Morgan fingerprint density at radius 3 is 2.10 bits per heavy atom. The Morgan fingerprint density at radius 2 is 1.57 bits per heavy atom. The lowest BCUT2D eigenvalue weighted by atomic mass is 9.98. The number of fused-ring (bicyclic) bond motifs is 3. The number of hydrogen-bond donors (Lipinski definition) is 3. The zero-order valence-electron chi connectivity index (χ0n) is 16.6. The number of alkyl carbamates (subject to hydrolysis) is 1. The van der Waals surface area contributed by atoms with Crippen molar-refractivity contribution in [3.63, 3.8) is 0 Å². The number of carbonyl (C=O) groups excluding carboxylic acids is 2. The second-order valence-electron chi connectivity index (χ2n) is 7.85. The summed E-state index contributed by atoms with van der Waals surface area (Å²) >= 11 is 0. The molecule has 30 heavy (non-hydrogen) atoms. The second kappa shape index (κ2) is 8.18. The van der Waals surface area contributed by atoms with Gasteiger partial charge in [-0.15, -0.1) is 0 Å². The smallest absolute Gasteiger partial charge is 0.407 e. The molecule has 7 heteroatoms. The molecule has 1 saturated carbocycles. The standard InChI is InChI=1S/C23H24N2O5/c1-13(21(26)25-20(22(27)28)14-10-11-14)24-23(29)30-12-19-17-8-4-2-6-15(17)16-7-3-5-9-18(16)19/h2-9,13-14,19-20H,10-12H2,1H3,(H,24,29)(H,25,26)(H,27,28). The molecule has 2 aliphatic rings. The largest absolute Gasteiger partial charge is 0.480 e. The number of hydrogen-bond acceptors (Lipinski definition) is 4. The van der Waals surface area contributed by atoms with Gasteiger partial charge in [-0.25, -0.2) is 9.59 Å². The van der Waals surface area contributed by atoms with Gasteiger partial charge in [-0.05, 0) is 47.9 Å². The highest BCUT2D eigenvalue weighted by Gasteiger charge is 2.38. The normalized spacial score (nSPS) is 16.7. The Labute approximate surface area is 174 Å². The van der Waals surface area contributed by atoms with Crippen LogP contribution in [0, 0.1) is 5.92 Å². The Morgan fingerprint density at radius 1 is 1.00 bits per heavy atom. The van der Waals surface area contributed by atoms with Crippen LogP contribution in [0.4, 0.5) is 4.79 Å². The predicted octanol–water partition coefficient (Wildman–Crippen LogP) is 2.89. The van der Waals surface area contributed by atoms with Gasteiger partial charge in [0.15, 0.2) is 0 Å². The van der Waals surface area contributed by atoms with Crippen LogP contribution in [0.15, 0.2) is 48.5 Å². The summed E-state index contributed by atoms with van der Waals surface area (Å²) in [6.45, 7) is 1.65. The van der Waals surface area contributed by atoms with Gasteiger partial charge in [-0.1, -0.05) is 48.5 Å². The van der Waals surface area contributed by atoms with Gasteiger partial charge >= 0.3 is 12.1 Å². The molecule has 0 spiro atoms. The van der Waals surface area contributed by atoms with Crippen LogP contribution in [-0.4, -0.2) is 41.8 Å². The number of amides is 2. The van der Waals surface area contributed by atoms with Crippen LogP contribution in [0.25, 0.3) is 11.1 Å². The van der Waals surface area contributed by atoms with E-state index in [-0.39, 0.29) is 18.4 Å². The van der Waals surface area contributed by atoms with E-state index in [1.807, 2.05) is 36.4 Å². The molecule has 0 heterocycles. The first-order valence-corrected chi connectivity index (χ1v) is 10.1. The first kappa shape index (κ1) is 19.9. The Kier molecular flexibility index (Phi) is 5.44. The fourth-order valence-electron chi connectivity index (χ4n) is 3.97. The van der Waals surface area contributed by atoms with E-state index >= 15 is 0 Å². The molecular weight excluding hydrogens is 384 g/mol. The van der Waals surface area contributed by atoms with Gasteiger partial charge in [-0.2, -0.15) is 0 Å². The minimum Gasteiger partial charge on any atom is -0.480 e. The highest BCUT2D eigenvalue weighted by Crippen LogP contribution is 2.44. The van der Waals surface area contributed by atoms with Gasteiger partial charge in [-0.3, -0.25) is 4.79 Å². The Hall–Kier alpha value is -3.35. The van der Waals surface area contributed by atoms with Crippen LogP contribution in [0.3, 0.4) is 0 Å². The lowest BCUT2D eigenvalue weighted by molar-refractivity contribution is -0.142. The third-order valence-electron chi connectivity index (χ3n) is 5.73. The van der Waals surface area contributed by atoms with Crippen molar-refractivity contribution in [3.8, 4) is 11.1 Å². The number of carboxylic acid groups (broad SMARTS) is 1. The Bertz CT molecular complexity index is 940. The van der Waals surface area contributed by atoms with E-state index in [4.69, 9.17) is 4.74 Å². The number of carbonyl (C=O) groups is 3. The van der Waals surface area contributed by atoms with E-state index in [9.17, 15) is 19.5 Å². The first-order valence-electron chi connectivity index (χ1n) is 10.1. The second-order valence-corrected chi connectivity index (χ2v) is 7.85. The van der Waals surface area contributed by atoms with Crippen molar-refractivity contribution in [1.82, 2.24) is 10.6 Å². The molecule has 0 saturated heterocycles. The number of aliphatic carboxylic acids is 1. The summed E-state index contributed by atoms with van der Waals surface area (Å²) in [6, 6.07) is 14.2. The molecular formula is C23H24N2O5. The zero-order chi connectivity index (χ0) is 21.3. The number of benzene rings is 2. The number of carboxylic acids is 1. The van der Waals surface area contributed by atoms with Gasteiger partial charge in [0.1, 0.15) is 18.7 Å². The van der Waals surface area contributed by atoms with E-state index in [0.29, 0.717) is 0 Å². The lowest BCUT2D eigenvalue weighted by Gasteiger charge is -2.19. The molecule has 7 nitrogen and oxygen atoms in total. The molecule has 2 aromatic carbocycles. The highest BCUT2D eigenvalue weighted by molar-refractivity contribution is 5.89. The average molecular weight is 408 g/mol. The van der Waals surface area contributed by atoms with E-state index in [0.717, 1.165) is 35.1 Å². The van der Waals surface area contributed by atoms with Crippen molar-refractivity contribution >= 4 is 18.0 Å². The van der Waals surface area contributed by atoms with Crippen LogP contribution in [-0.2, 0) is 14.3 Å². The first-order chi connectivity index (χ1) is 14.5. The highest BCUT2D eigenvalue weighted by atomic mass is 16.5. The molecule has 0 aromatic heterocycles. The fraction of sp³-hybridized carbons (Fsp3) is 0.348. The van der Waals surface area contributed by atoms with Gasteiger partial charge in [0.2, 0.25) is 5.91 Å². The molecule has 1 fully saturated rings. The van der Waals surface area contributed by atoms with E-state index in [2.05, 4.69) is 22.8 Å². The van der Waals surface area contributed by atoms with Crippen LogP contribution in [0.2, 0.25) is 0 Å². The zero-order valence-corrected chi connectivity index (χ0v) is 16.6. The van der Waals surface area contributed by atoms with Crippen LogP contribution in [0.5, 0.6) is 0 Å². The molecule has 4 rings (SSSR count).